The number of methoxy groups -OCH3 is 1. The van der Waals surface area contributed by atoms with Crippen molar-refractivity contribution in [1.29, 1.82) is 0 Å². The van der Waals surface area contributed by atoms with Gasteiger partial charge in [0.1, 0.15) is 22.2 Å². The molecule has 3 heterocycles. The standard InChI is InChI=1S/C18H12BrF2N5O3S/c1-29-17-14(25-30(27,28)15-4-3-12(20)7-13(15)21)6-11(8-22-17)10-2-5-16-23-24-18(19)26(16)9-10/h2-9,25H,1H3. The van der Waals surface area contributed by atoms with Gasteiger partial charge in [-0.25, -0.2) is 22.2 Å². The number of nitrogens with zero attached hydrogens (tertiary/aromatic N) is 4. The zero-order chi connectivity index (χ0) is 21.5. The molecule has 1 aromatic carbocycles. The van der Waals surface area contributed by atoms with Gasteiger partial charge in [-0.05, 0) is 46.3 Å². The molecular weight excluding hydrogens is 484 g/mol. The number of nitrogens with one attached hydrogen (secondary N) is 1. The lowest BCUT2D eigenvalue weighted by atomic mass is 10.1. The first-order valence-electron chi connectivity index (χ1n) is 8.31. The highest BCUT2D eigenvalue weighted by atomic mass is 79.9. The summed E-state index contributed by atoms with van der Waals surface area (Å²) < 4.78 is 62.0. The summed E-state index contributed by atoms with van der Waals surface area (Å²) in [6.07, 6.45) is 3.23. The van der Waals surface area contributed by atoms with Gasteiger partial charge >= 0.3 is 0 Å². The molecule has 30 heavy (non-hydrogen) atoms. The lowest BCUT2D eigenvalue weighted by Gasteiger charge is -2.13. The lowest BCUT2D eigenvalue weighted by molar-refractivity contribution is 0.400. The smallest absolute Gasteiger partial charge is 0.264 e. The molecule has 0 spiro atoms. The summed E-state index contributed by atoms with van der Waals surface area (Å²) in [5.74, 6) is -2.12. The van der Waals surface area contributed by atoms with Crippen molar-refractivity contribution in [2.75, 3.05) is 11.8 Å². The number of anilines is 1. The number of aromatic nitrogens is 4. The predicted molar refractivity (Wildman–Crippen MR) is 108 cm³/mol. The first kappa shape index (κ1) is 20.2. The van der Waals surface area contributed by atoms with Gasteiger partial charge in [-0.2, -0.15) is 0 Å². The number of ether oxygens (including phenoxy) is 1. The third kappa shape index (κ3) is 3.71. The molecule has 0 fully saturated rings. The van der Waals surface area contributed by atoms with Crippen LogP contribution in [0.4, 0.5) is 14.5 Å². The molecule has 0 aliphatic carbocycles. The summed E-state index contributed by atoms with van der Waals surface area (Å²) in [7, 11) is -3.05. The van der Waals surface area contributed by atoms with Crippen LogP contribution in [0.15, 0.2) is 58.4 Å². The Morgan fingerprint density at radius 1 is 1.10 bits per heavy atom. The molecule has 0 aliphatic heterocycles. The second kappa shape index (κ2) is 7.61. The van der Waals surface area contributed by atoms with Crippen LogP contribution in [0.5, 0.6) is 5.88 Å². The zero-order valence-corrected chi connectivity index (χ0v) is 17.6. The minimum atomic E-state index is -4.37. The summed E-state index contributed by atoms with van der Waals surface area (Å²) in [5, 5.41) is 7.88. The quantitative estimate of drug-likeness (QED) is 0.453. The third-order valence-electron chi connectivity index (χ3n) is 4.17. The van der Waals surface area contributed by atoms with E-state index in [0.29, 0.717) is 27.6 Å². The van der Waals surface area contributed by atoms with E-state index in [1.54, 1.807) is 22.7 Å². The van der Waals surface area contributed by atoms with Crippen molar-refractivity contribution >= 4 is 37.3 Å². The molecule has 0 aliphatic rings. The van der Waals surface area contributed by atoms with Gasteiger partial charge in [0.15, 0.2) is 5.65 Å². The first-order chi connectivity index (χ1) is 14.3. The highest BCUT2D eigenvalue weighted by Gasteiger charge is 2.22. The van der Waals surface area contributed by atoms with E-state index in [-0.39, 0.29) is 11.6 Å². The van der Waals surface area contributed by atoms with Gasteiger partial charge in [0.05, 0.1) is 7.11 Å². The summed E-state index contributed by atoms with van der Waals surface area (Å²) in [6, 6.07) is 7.17. The average molecular weight is 496 g/mol. The van der Waals surface area contributed by atoms with Gasteiger partial charge in [0, 0.05) is 29.6 Å². The minimum absolute atomic E-state index is 0.0124. The molecule has 4 aromatic rings. The maximum Gasteiger partial charge on any atom is 0.264 e. The fourth-order valence-corrected chi connectivity index (χ4v) is 4.24. The number of pyridine rings is 2. The molecule has 0 radical (unpaired) electrons. The van der Waals surface area contributed by atoms with Crippen molar-refractivity contribution in [2.45, 2.75) is 4.90 Å². The van der Waals surface area contributed by atoms with Gasteiger partial charge in [-0.1, -0.05) is 0 Å². The predicted octanol–water partition coefficient (Wildman–Crippen LogP) is 3.64. The Balaban J connectivity index is 1.76. The molecule has 4 rings (SSSR count). The molecule has 154 valence electrons. The third-order valence-corrected chi connectivity index (χ3v) is 6.11. The Kier molecular flexibility index (Phi) is 5.12. The van der Waals surface area contributed by atoms with E-state index in [1.807, 2.05) is 0 Å². The topological polar surface area (TPSA) is 98.5 Å². The Morgan fingerprint density at radius 2 is 1.90 bits per heavy atom. The number of hydrogen-bond donors (Lipinski definition) is 1. The molecule has 0 saturated heterocycles. The van der Waals surface area contributed by atoms with E-state index in [0.717, 1.165) is 12.1 Å². The van der Waals surface area contributed by atoms with E-state index in [1.165, 1.54) is 19.4 Å². The summed E-state index contributed by atoms with van der Waals surface area (Å²) >= 11 is 3.29. The van der Waals surface area contributed by atoms with Crippen molar-refractivity contribution in [3.63, 3.8) is 0 Å². The maximum absolute atomic E-state index is 14.0. The van der Waals surface area contributed by atoms with Crippen LogP contribution in [-0.4, -0.2) is 35.1 Å². The number of benzene rings is 1. The van der Waals surface area contributed by atoms with Crippen molar-refractivity contribution in [3.8, 4) is 17.0 Å². The van der Waals surface area contributed by atoms with E-state index in [2.05, 4.69) is 35.8 Å². The second-order valence-electron chi connectivity index (χ2n) is 6.08. The zero-order valence-electron chi connectivity index (χ0n) is 15.2. The Morgan fingerprint density at radius 3 is 2.63 bits per heavy atom. The Bertz CT molecular complexity index is 1380. The SMILES string of the molecule is COc1ncc(-c2ccc3nnc(Br)n3c2)cc1NS(=O)(=O)c1ccc(F)cc1F. The summed E-state index contributed by atoms with van der Waals surface area (Å²) in [5.41, 5.74) is 1.84. The minimum Gasteiger partial charge on any atom is -0.480 e. The van der Waals surface area contributed by atoms with E-state index >= 15 is 0 Å². The monoisotopic (exact) mass is 495 g/mol. The molecule has 0 atom stereocenters. The number of halogens is 3. The lowest BCUT2D eigenvalue weighted by Crippen LogP contribution is -2.15. The van der Waals surface area contributed by atoms with Crippen molar-refractivity contribution in [1.82, 2.24) is 19.6 Å². The van der Waals surface area contributed by atoms with Crippen molar-refractivity contribution < 1.29 is 21.9 Å². The summed E-state index contributed by atoms with van der Waals surface area (Å²) in [4.78, 5) is 3.42. The maximum atomic E-state index is 14.0. The number of fused-ring (bicyclic) bond motifs is 1. The van der Waals surface area contributed by atoms with Crippen LogP contribution in [0.1, 0.15) is 0 Å². The molecule has 0 bridgehead atoms. The fourth-order valence-electron chi connectivity index (χ4n) is 2.77. The molecule has 1 N–H and O–H groups in total. The van der Waals surface area contributed by atoms with Crippen LogP contribution in [0.25, 0.3) is 16.8 Å². The van der Waals surface area contributed by atoms with Gasteiger partial charge in [0.2, 0.25) is 10.6 Å². The summed E-state index contributed by atoms with van der Waals surface area (Å²) in [6.45, 7) is 0. The molecular formula is C18H12BrF2N5O3S. The van der Waals surface area contributed by atoms with E-state index in [9.17, 15) is 17.2 Å². The van der Waals surface area contributed by atoms with Gasteiger partial charge in [-0.15, -0.1) is 10.2 Å². The molecule has 8 nitrogen and oxygen atoms in total. The van der Waals surface area contributed by atoms with Crippen LogP contribution in [-0.2, 0) is 10.0 Å². The number of rotatable bonds is 5. The van der Waals surface area contributed by atoms with Gasteiger partial charge < -0.3 is 4.74 Å². The number of sulfonamides is 1. The van der Waals surface area contributed by atoms with Crippen LogP contribution in [0, 0.1) is 11.6 Å². The molecule has 0 saturated carbocycles. The van der Waals surface area contributed by atoms with Crippen molar-refractivity contribution in [2.24, 2.45) is 0 Å². The highest BCUT2D eigenvalue weighted by molar-refractivity contribution is 9.10. The second-order valence-corrected chi connectivity index (χ2v) is 8.44. The van der Waals surface area contributed by atoms with Crippen molar-refractivity contribution in [3.05, 3.63) is 65.2 Å². The largest absolute Gasteiger partial charge is 0.480 e. The van der Waals surface area contributed by atoms with Crippen LogP contribution < -0.4 is 9.46 Å². The van der Waals surface area contributed by atoms with Crippen LogP contribution in [0.2, 0.25) is 0 Å². The fraction of sp³-hybridized carbons (Fsp3) is 0.0556. The molecule has 12 heteroatoms. The van der Waals surface area contributed by atoms with Gasteiger partial charge in [-0.3, -0.25) is 9.12 Å². The van der Waals surface area contributed by atoms with E-state index in [4.69, 9.17) is 4.74 Å². The number of hydrogen-bond acceptors (Lipinski definition) is 6. The normalized spacial score (nSPS) is 11.6. The Labute approximate surface area is 177 Å². The molecule has 3 aromatic heterocycles. The average Bonchev–Trinajstić information content (AvgIpc) is 3.07. The highest BCUT2D eigenvalue weighted by Crippen LogP contribution is 2.31. The molecule has 0 amide bonds. The van der Waals surface area contributed by atoms with Crippen LogP contribution in [0.3, 0.4) is 0 Å². The molecule has 0 unspecified atom stereocenters. The first-order valence-corrected chi connectivity index (χ1v) is 10.6. The van der Waals surface area contributed by atoms with E-state index < -0.39 is 26.6 Å². The van der Waals surface area contributed by atoms with Gasteiger partial charge in [0.25, 0.3) is 10.0 Å². The Hall–Kier alpha value is -3.12. The van der Waals surface area contributed by atoms with Crippen LogP contribution >= 0.6 is 15.9 Å².